The van der Waals surface area contributed by atoms with E-state index in [0.717, 1.165) is 19.0 Å². The fourth-order valence-electron chi connectivity index (χ4n) is 0.387. The van der Waals surface area contributed by atoms with E-state index >= 15 is 0 Å². The van der Waals surface area contributed by atoms with Gasteiger partial charge in [-0.15, -0.1) is 13.1 Å². The Morgan fingerprint density at radius 2 is 1.71 bits per heavy atom. The third-order valence-corrected chi connectivity index (χ3v) is 0.882. The van der Waals surface area contributed by atoms with Crippen molar-refractivity contribution >= 4 is 0 Å². The maximum absolute atomic E-state index is 4.00. The van der Waals surface area contributed by atoms with Gasteiger partial charge in [-0.25, -0.2) is 0 Å². The van der Waals surface area contributed by atoms with E-state index in [2.05, 4.69) is 12.2 Å². The van der Waals surface area contributed by atoms with Gasteiger partial charge >= 0.3 is 0 Å². The Labute approximate surface area is 71.1 Å². The minimum Gasteiger partial charge on any atom is -0.662 e. The van der Waals surface area contributed by atoms with Crippen LogP contribution in [0.25, 0.3) is 5.32 Å². The molecule has 41 valence electrons. The van der Waals surface area contributed by atoms with E-state index in [4.69, 9.17) is 0 Å². The first-order valence-electron chi connectivity index (χ1n) is 2.03. The van der Waals surface area contributed by atoms with Gasteiger partial charge in [0.05, 0.1) is 0 Å². The van der Waals surface area contributed by atoms with Crippen LogP contribution in [0.1, 0.15) is 6.92 Å². The second kappa shape index (κ2) is 5.21. The first-order chi connectivity index (χ1) is 2.39. The molecule has 1 saturated heterocycles. The zero-order chi connectivity index (χ0) is 3.70. The quantitative estimate of drug-likeness (QED) is 0.493. The second-order valence-electron chi connectivity index (χ2n) is 1.69. The van der Waals surface area contributed by atoms with E-state index in [9.17, 15) is 0 Å². The van der Waals surface area contributed by atoms with Gasteiger partial charge in [0.1, 0.15) is 0 Å². The molecule has 0 aromatic rings. The molecule has 0 aliphatic carbocycles. The predicted octanol–water partition coefficient (Wildman–Crippen LogP) is 1.46. The summed E-state index contributed by atoms with van der Waals surface area (Å²) in [4.78, 5) is 0. The fourth-order valence-corrected chi connectivity index (χ4v) is 0.387. The van der Waals surface area contributed by atoms with Crippen molar-refractivity contribution < 1.29 is 32.7 Å². The summed E-state index contributed by atoms with van der Waals surface area (Å²) in [5.74, 6) is 0.898. The van der Waals surface area contributed by atoms with E-state index in [-0.39, 0.29) is 40.1 Å². The van der Waals surface area contributed by atoms with Gasteiger partial charge in [0.2, 0.25) is 0 Å². The Hall–Kier alpha value is 1.06. The van der Waals surface area contributed by atoms with Gasteiger partial charge in [-0.05, 0) is 0 Å². The van der Waals surface area contributed by atoms with E-state index < -0.39 is 0 Å². The van der Waals surface area contributed by atoms with Crippen LogP contribution in [-0.2, 0) is 32.7 Å². The van der Waals surface area contributed by atoms with Crippen molar-refractivity contribution in [2.75, 3.05) is 13.1 Å². The Morgan fingerprint density at radius 1 is 1.43 bits per heavy atom. The minimum atomic E-state index is 0. The average Bonchev–Trinajstić information content (AvgIpc) is 1.30. The van der Waals surface area contributed by atoms with Crippen LogP contribution in [-0.4, -0.2) is 13.1 Å². The van der Waals surface area contributed by atoms with E-state index in [1.165, 1.54) is 0 Å². The third-order valence-electron chi connectivity index (χ3n) is 0.882. The normalized spacial score (nSPS) is 18.4. The molecule has 1 radical (unpaired) electrons. The molecule has 0 amide bonds. The molecule has 0 saturated carbocycles. The standard InChI is InChI=1S/C4H8N.CH3.Y/c1-4-2-5-3-4;;/h4H,2-3H2,1H3;1H3;/q2*-1;. The van der Waals surface area contributed by atoms with Crippen LogP contribution in [0.15, 0.2) is 0 Å². The topological polar surface area (TPSA) is 14.1 Å². The predicted molar refractivity (Wildman–Crippen MR) is 28.7 cm³/mol. The fraction of sp³-hybridized carbons (Fsp3) is 0.800. The zero-order valence-electron chi connectivity index (χ0n) is 5.02. The summed E-state index contributed by atoms with van der Waals surface area (Å²) in [6, 6.07) is 0. The first kappa shape index (κ1) is 10.9. The van der Waals surface area contributed by atoms with Crippen LogP contribution < -0.4 is 0 Å². The molecule has 7 heavy (non-hydrogen) atoms. The summed E-state index contributed by atoms with van der Waals surface area (Å²) in [5, 5.41) is 4.00. The molecule has 1 fully saturated rings. The summed E-state index contributed by atoms with van der Waals surface area (Å²) in [5.41, 5.74) is 0. The van der Waals surface area contributed by atoms with Crippen molar-refractivity contribution in [3.63, 3.8) is 0 Å². The van der Waals surface area contributed by atoms with Crippen LogP contribution >= 0.6 is 0 Å². The minimum absolute atomic E-state index is 0. The van der Waals surface area contributed by atoms with E-state index in [1.54, 1.807) is 0 Å². The van der Waals surface area contributed by atoms with Crippen molar-refractivity contribution in [2.45, 2.75) is 6.92 Å². The Kier molecular flexibility index (Phi) is 8.14. The molecule has 1 rings (SSSR count). The maximum Gasteiger partial charge on any atom is 0 e. The van der Waals surface area contributed by atoms with Gasteiger partial charge in [-0.3, -0.25) is 0 Å². The monoisotopic (exact) mass is 174 g/mol. The molecule has 0 aromatic heterocycles. The third kappa shape index (κ3) is 3.63. The summed E-state index contributed by atoms with van der Waals surface area (Å²) in [6.45, 7) is 4.44. The molecule has 0 spiro atoms. The van der Waals surface area contributed by atoms with Crippen molar-refractivity contribution in [1.29, 1.82) is 0 Å². The average molecular weight is 174 g/mol. The molecule has 0 bridgehead atoms. The van der Waals surface area contributed by atoms with Gasteiger partial charge in [0, 0.05) is 32.7 Å². The summed E-state index contributed by atoms with van der Waals surface area (Å²) >= 11 is 0. The van der Waals surface area contributed by atoms with Gasteiger partial charge in [0.15, 0.2) is 0 Å². The van der Waals surface area contributed by atoms with Crippen LogP contribution in [0.2, 0.25) is 0 Å². The van der Waals surface area contributed by atoms with Crippen molar-refractivity contribution in [1.82, 2.24) is 0 Å². The molecule has 0 aromatic carbocycles. The van der Waals surface area contributed by atoms with Gasteiger partial charge in [-0.2, -0.15) is 0 Å². The summed E-state index contributed by atoms with van der Waals surface area (Å²) in [7, 11) is 0. The number of hydrogen-bond donors (Lipinski definition) is 0. The maximum atomic E-state index is 4.00. The molecule has 1 heterocycles. The molecule has 1 aliphatic heterocycles. The Morgan fingerprint density at radius 3 is 1.71 bits per heavy atom. The molecular weight excluding hydrogens is 163 g/mol. The molecule has 2 heteroatoms. The smallest absolute Gasteiger partial charge is 0 e. The molecule has 1 aliphatic rings. The van der Waals surface area contributed by atoms with Crippen LogP contribution in [0, 0.1) is 13.3 Å². The van der Waals surface area contributed by atoms with Crippen molar-refractivity contribution in [2.24, 2.45) is 5.92 Å². The van der Waals surface area contributed by atoms with Crippen LogP contribution in [0.4, 0.5) is 0 Å². The molecule has 1 nitrogen and oxygen atoms in total. The molecule has 0 N–H and O–H groups in total. The number of rotatable bonds is 0. The SMILES string of the molecule is CC1C[N-]C1.[CH3-].[Y]. The molecule has 0 atom stereocenters. The first-order valence-corrected chi connectivity index (χ1v) is 2.03. The summed E-state index contributed by atoms with van der Waals surface area (Å²) < 4.78 is 0. The molecule has 0 unspecified atom stereocenters. The summed E-state index contributed by atoms with van der Waals surface area (Å²) in [6.07, 6.45) is 0. The van der Waals surface area contributed by atoms with Crippen LogP contribution in [0.5, 0.6) is 0 Å². The Balaban J connectivity index is 0. The van der Waals surface area contributed by atoms with E-state index in [0.29, 0.717) is 0 Å². The Bertz CT molecular complexity index is 35.1. The zero-order valence-corrected chi connectivity index (χ0v) is 7.85. The van der Waals surface area contributed by atoms with Gasteiger partial charge in [0.25, 0.3) is 0 Å². The number of nitrogens with zero attached hydrogens (tertiary/aromatic N) is 1. The largest absolute Gasteiger partial charge is 0.662 e. The van der Waals surface area contributed by atoms with Gasteiger partial charge < -0.3 is 12.7 Å². The van der Waals surface area contributed by atoms with Crippen molar-refractivity contribution in [3.8, 4) is 0 Å². The van der Waals surface area contributed by atoms with Gasteiger partial charge in [-0.1, -0.05) is 12.8 Å². The number of hydrogen-bond acceptors (Lipinski definition) is 0. The van der Waals surface area contributed by atoms with E-state index in [1.807, 2.05) is 0 Å². The van der Waals surface area contributed by atoms with Crippen LogP contribution in [0.3, 0.4) is 0 Å². The molecular formula is C5H11NY-2. The second-order valence-corrected chi connectivity index (χ2v) is 1.69. The van der Waals surface area contributed by atoms with Crippen molar-refractivity contribution in [3.05, 3.63) is 12.7 Å².